The number of Topliss-reactive ketones (excluding diaryl/α,β-unsaturated/α-hetero) is 2. The Balaban J connectivity index is 1.72. The van der Waals surface area contributed by atoms with Crippen LogP contribution in [-0.2, 0) is 0 Å². The predicted octanol–water partition coefficient (Wildman–Crippen LogP) is 4.80. The maximum Gasteiger partial charge on any atom is 0.507 e. The van der Waals surface area contributed by atoms with Gasteiger partial charge in [-0.2, -0.15) is 17.6 Å². The summed E-state index contributed by atoms with van der Waals surface area (Å²) in [4.78, 5) is 24.5. The summed E-state index contributed by atoms with van der Waals surface area (Å²) in [5, 5.41) is 0. The average Bonchev–Trinajstić information content (AvgIpc) is 2.60. The number of hydrogen-bond donors (Lipinski definition) is 0. The zero-order valence-electron chi connectivity index (χ0n) is 14.1. The van der Waals surface area contributed by atoms with Gasteiger partial charge in [-0.1, -0.05) is 24.3 Å². The number of ether oxygens (including phenoxy) is 2. The minimum Gasteiger partial charge on any atom is -0.421 e. The van der Waals surface area contributed by atoms with E-state index in [4.69, 9.17) is 0 Å². The van der Waals surface area contributed by atoms with Gasteiger partial charge in [0.1, 0.15) is 0 Å². The van der Waals surface area contributed by atoms with Crippen LogP contribution in [0.3, 0.4) is 0 Å². The first kappa shape index (κ1) is 18.9. The van der Waals surface area contributed by atoms with Gasteiger partial charge in [0.15, 0.2) is 23.1 Å². The van der Waals surface area contributed by atoms with Crippen molar-refractivity contribution in [3.05, 3.63) is 59.2 Å². The number of halogens is 4. The smallest absolute Gasteiger partial charge is 0.421 e. The normalized spacial score (nSPS) is 16.6. The van der Waals surface area contributed by atoms with Gasteiger partial charge in [-0.3, -0.25) is 9.59 Å². The molecule has 142 valence electrons. The highest BCUT2D eigenvalue weighted by atomic mass is 19.3. The summed E-state index contributed by atoms with van der Waals surface area (Å²) < 4.78 is 60.7. The van der Waals surface area contributed by atoms with E-state index in [2.05, 4.69) is 9.47 Å². The quantitative estimate of drug-likeness (QED) is 0.551. The SMILES string of the molecule is Cc1ccccc1C(=O)CCC(=O)c1ccc2c(c1)OC(F)(F)C(F)(F)O2. The fraction of sp³-hybridized carbons (Fsp3) is 0.263. The summed E-state index contributed by atoms with van der Waals surface area (Å²) in [6, 6.07) is 9.92. The number of fused-ring (bicyclic) bond motifs is 1. The fourth-order valence-electron chi connectivity index (χ4n) is 2.63. The second-order valence-electron chi connectivity index (χ2n) is 6.06. The van der Waals surface area contributed by atoms with E-state index in [1.165, 1.54) is 0 Å². The van der Waals surface area contributed by atoms with Gasteiger partial charge in [0.2, 0.25) is 0 Å². The molecule has 0 bridgehead atoms. The molecule has 0 aromatic heterocycles. The Bertz CT molecular complexity index is 908. The molecule has 8 heteroatoms. The lowest BCUT2D eigenvalue weighted by Crippen LogP contribution is -2.52. The first-order valence-corrected chi connectivity index (χ1v) is 8.00. The minimum absolute atomic E-state index is 0.0454. The monoisotopic (exact) mass is 382 g/mol. The van der Waals surface area contributed by atoms with Gasteiger partial charge < -0.3 is 9.47 Å². The Morgan fingerprint density at radius 1 is 0.852 bits per heavy atom. The minimum atomic E-state index is -4.86. The third-order valence-corrected chi connectivity index (χ3v) is 4.11. The molecule has 27 heavy (non-hydrogen) atoms. The standard InChI is InChI=1S/C19H14F4O4/c1-11-4-2-3-5-13(11)15(25)8-7-14(24)12-6-9-16-17(10-12)27-19(22,23)18(20,21)26-16/h2-6,9-10H,7-8H2,1H3. The fourth-order valence-corrected chi connectivity index (χ4v) is 2.63. The second kappa shape index (κ2) is 6.68. The van der Waals surface area contributed by atoms with Gasteiger partial charge in [-0.15, -0.1) is 0 Å². The Morgan fingerprint density at radius 3 is 2.11 bits per heavy atom. The summed E-state index contributed by atoms with van der Waals surface area (Å²) in [6.07, 6.45) is -9.92. The molecule has 2 aromatic carbocycles. The van der Waals surface area contributed by atoms with Crippen LogP contribution in [0.25, 0.3) is 0 Å². The average molecular weight is 382 g/mol. The summed E-state index contributed by atoms with van der Waals surface area (Å²) in [7, 11) is 0. The molecular formula is C19H14F4O4. The molecule has 0 unspecified atom stereocenters. The highest BCUT2D eigenvalue weighted by molar-refractivity contribution is 6.03. The lowest BCUT2D eigenvalue weighted by molar-refractivity contribution is -0.391. The lowest BCUT2D eigenvalue weighted by Gasteiger charge is -2.31. The second-order valence-corrected chi connectivity index (χ2v) is 6.06. The Labute approximate surface area is 151 Å². The van der Waals surface area contributed by atoms with E-state index in [1.807, 2.05) is 0 Å². The van der Waals surface area contributed by atoms with Gasteiger partial charge in [0, 0.05) is 24.0 Å². The van der Waals surface area contributed by atoms with E-state index in [0.29, 0.717) is 5.56 Å². The maximum absolute atomic E-state index is 13.2. The Hall–Kier alpha value is -2.90. The summed E-state index contributed by atoms with van der Waals surface area (Å²) in [5.74, 6) is -2.00. The third-order valence-electron chi connectivity index (χ3n) is 4.11. The van der Waals surface area contributed by atoms with Crippen molar-refractivity contribution < 1.29 is 36.6 Å². The van der Waals surface area contributed by atoms with Crippen molar-refractivity contribution in [1.29, 1.82) is 0 Å². The van der Waals surface area contributed by atoms with Crippen LogP contribution in [0.1, 0.15) is 39.1 Å². The molecule has 0 amide bonds. The highest BCUT2D eigenvalue weighted by Crippen LogP contribution is 2.47. The molecule has 1 aliphatic rings. The summed E-state index contributed by atoms with van der Waals surface area (Å²) in [5.41, 5.74) is 1.22. The van der Waals surface area contributed by atoms with Crippen LogP contribution in [0.15, 0.2) is 42.5 Å². The van der Waals surface area contributed by atoms with Crippen LogP contribution in [0.4, 0.5) is 17.6 Å². The van der Waals surface area contributed by atoms with Gasteiger partial charge >= 0.3 is 12.2 Å². The van der Waals surface area contributed by atoms with Crippen LogP contribution >= 0.6 is 0 Å². The largest absolute Gasteiger partial charge is 0.507 e. The van der Waals surface area contributed by atoms with E-state index in [1.54, 1.807) is 31.2 Å². The number of rotatable bonds is 5. The molecule has 0 saturated carbocycles. The van der Waals surface area contributed by atoms with Crippen LogP contribution in [0.5, 0.6) is 11.5 Å². The van der Waals surface area contributed by atoms with Crippen molar-refractivity contribution >= 4 is 11.6 Å². The first-order valence-electron chi connectivity index (χ1n) is 8.00. The molecule has 2 aromatic rings. The lowest BCUT2D eigenvalue weighted by atomic mass is 9.98. The van der Waals surface area contributed by atoms with Gasteiger partial charge in [0.05, 0.1) is 0 Å². The molecule has 0 fully saturated rings. The van der Waals surface area contributed by atoms with E-state index >= 15 is 0 Å². The van der Waals surface area contributed by atoms with Crippen molar-refractivity contribution in [3.8, 4) is 11.5 Å². The van der Waals surface area contributed by atoms with Crippen LogP contribution in [-0.4, -0.2) is 23.8 Å². The van der Waals surface area contributed by atoms with E-state index in [-0.39, 0.29) is 24.2 Å². The van der Waals surface area contributed by atoms with Crippen LogP contribution in [0, 0.1) is 6.92 Å². The molecule has 0 aliphatic carbocycles. The van der Waals surface area contributed by atoms with E-state index < -0.39 is 29.5 Å². The van der Waals surface area contributed by atoms with Crippen molar-refractivity contribution in [1.82, 2.24) is 0 Å². The Morgan fingerprint density at radius 2 is 1.44 bits per heavy atom. The molecular weight excluding hydrogens is 368 g/mol. The van der Waals surface area contributed by atoms with Gasteiger partial charge in [-0.05, 0) is 30.7 Å². The number of alkyl halides is 4. The topological polar surface area (TPSA) is 52.6 Å². The van der Waals surface area contributed by atoms with Crippen molar-refractivity contribution in [2.24, 2.45) is 0 Å². The Kier molecular flexibility index (Phi) is 4.67. The van der Waals surface area contributed by atoms with E-state index in [9.17, 15) is 27.2 Å². The molecule has 0 saturated heterocycles. The first-order chi connectivity index (χ1) is 12.6. The van der Waals surface area contributed by atoms with Gasteiger partial charge in [-0.25, -0.2) is 0 Å². The third kappa shape index (κ3) is 3.65. The number of carbonyl (C=O) groups excluding carboxylic acids is 2. The molecule has 0 N–H and O–H groups in total. The van der Waals surface area contributed by atoms with Crippen molar-refractivity contribution in [3.63, 3.8) is 0 Å². The molecule has 1 heterocycles. The molecule has 0 spiro atoms. The zero-order valence-corrected chi connectivity index (χ0v) is 14.1. The molecule has 4 nitrogen and oxygen atoms in total. The molecule has 1 aliphatic heterocycles. The zero-order chi connectivity index (χ0) is 19.8. The molecule has 0 atom stereocenters. The number of benzene rings is 2. The van der Waals surface area contributed by atoms with Gasteiger partial charge in [0.25, 0.3) is 0 Å². The number of hydrogen-bond acceptors (Lipinski definition) is 4. The summed E-state index contributed by atoms with van der Waals surface area (Å²) in [6.45, 7) is 1.77. The molecule has 0 radical (unpaired) electrons. The summed E-state index contributed by atoms with van der Waals surface area (Å²) >= 11 is 0. The van der Waals surface area contributed by atoms with Crippen LogP contribution < -0.4 is 9.47 Å². The number of carbonyl (C=O) groups is 2. The van der Waals surface area contributed by atoms with E-state index in [0.717, 1.165) is 23.8 Å². The number of aryl methyl sites for hydroxylation is 1. The number of ketones is 2. The predicted molar refractivity (Wildman–Crippen MR) is 86.7 cm³/mol. The van der Waals surface area contributed by atoms with Crippen LogP contribution in [0.2, 0.25) is 0 Å². The highest BCUT2D eigenvalue weighted by Gasteiger charge is 2.65. The van der Waals surface area contributed by atoms with Crippen molar-refractivity contribution in [2.75, 3.05) is 0 Å². The maximum atomic E-state index is 13.2. The van der Waals surface area contributed by atoms with Crippen molar-refractivity contribution in [2.45, 2.75) is 32.0 Å². The molecule has 3 rings (SSSR count).